The third-order valence-corrected chi connectivity index (χ3v) is 4.91. The van der Waals surface area contributed by atoms with Gasteiger partial charge in [0.15, 0.2) is 0 Å². The molecule has 1 fully saturated rings. The van der Waals surface area contributed by atoms with Crippen LogP contribution in [-0.2, 0) is 0 Å². The van der Waals surface area contributed by atoms with Crippen LogP contribution in [-0.4, -0.2) is 22.3 Å². The molecule has 3 nitrogen and oxygen atoms in total. The van der Waals surface area contributed by atoms with Crippen LogP contribution in [0.2, 0.25) is 5.02 Å². The third kappa shape index (κ3) is 2.76. The van der Waals surface area contributed by atoms with Gasteiger partial charge in [0.1, 0.15) is 0 Å². The number of pyridine rings is 1. The first-order valence-corrected chi connectivity index (χ1v) is 8.50. The lowest BCUT2D eigenvalue weighted by Crippen LogP contribution is -2.30. The Balaban J connectivity index is 1.65. The Bertz CT molecular complexity index is 892. The van der Waals surface area contributed by atoms with Gasteiger partial charge in [-0.1, -0.05) is 29.8 Å². The highest BCUT2D eigenvalue weighted by Crippen LogP contribution is 2.34. The molecule has 0 N–H and O–H groups in total. The largest absolute Gasteiger partial charge is 0.332 e. The van der Waals surface area contributed by atoms with Gasteiger partial charge in [-0.05, 0) is 54.1 Å². The summed E-state index contributed by atoms with van der Waals surface area (Å²) in [6.45, 7) is 0.792. The molecule has 24 heavy (non-hydrogen) atoms. The number of carbonyl (C=O) groups excluding carboxylic acids is 1. The van der Waals surface area contributed by atoms with Gasteiger partial charge in [0.25, 0.3) is 5.91 Å². The predicted octanol–water partition coefficient (Wildman–Crippen LogP) is 4.87. The molecule has 3 aromatic rings. The molecule has 2 heterocycles. The molecule has 0 radical (unpaired) electrons. The number of hydrogen-bond donors (Lipinski definition) is 0. The maximum atomic E-state index is 13.0. The van der Waals surface area contributed by atoms with E-state index in [0.717, 1.165) is 46.3 Å². The Hall–Kier alpha value is -2.39. The van der Waals surface area contributed by atoms with E-state index in [0.29, 0.717) is 0 Å². The topological polar surface area (TPSA) is 33.2 Å². The van der Waals surface area contributed by atoms with Crippen LogP contribution in [0.5, 0.6) is 0 Å². The van der Waals surface area contributed by atoms with Gasteiger partial charge in [0.05, 0.1) is 6.04 Å². The third-order valence-electron chi connectivity index (χ3n) is 4.66. The highest BCUT2D eigenvalue weighted by molar-refractivity contribution is 6.30. The summed E-state index contributed by atoms with van der Waals surface area (Å²) in [6.07, 6.45) is 5.58. The standard InChI is InChI=1S/C20H17ClN2O/c21-18-7-5-14(6-8-18)19-2-1-11-23(19)20(24)16-3-4-17-13-22-10-9-15(17)12-16/h3-10,12-13,19H,1-2,11H2. The molecule has 0 bridgehead atoms. The molecule has 1 aromatic heterocycles. The van der Waals surface area contributed by atoms with Crippen LogP contribution < -0.4 is 0 Å². The van der Waals surface area contributed by atoms with Crippen LogP contribution in [0.3, 0.4) is 0 Å². The second-order valence-electron chi connectivity index (χ2n) is 6.15. The smallest absolute Gasteiger partial charge is 0.254 e. The molecule has 0 aliphatic carbocycles. The minimum atomic E-state index is 0.0890. The fourth-order valence-electron chi connectivity index (χ4n) is 3.42. The number of amides is 1. The first-order chi connectivity index (χ1) is 11.7. The zero-order valence-corrected chi connectivity index (χ0v) is 13.9. The minimum absolute atomic E-state index is 0.0890. The summed E-state index contributed by atoms with van der Waals surface area (Å²) in [4.78, 5) is 19.1. The molecule has 0 saturated carbocycles. The van der Waals surface area contributed by atoms with Crippen LogP contribution in [0.1, 0.15) is 34.8 Å². The van der Waals surface area contributed by atoms with E-state index in [1.807, 2.05) is 59.6 Å². The van der Waals surface area contributed by atoms with Crippen molar-refractivity contribution in [2.45, 2.75) is 18.9 Å². The number of aromatic nitrogens is 1. The Labute approximate surface area is 145 Å². The van der Waals surface area contributed by atoms with Gasteiger partial charge < -0.3 is 4.90 Å². The Morgan fingerprint density at radius 3 is 2.75 bits per heavy atom. The second-order valence-corrected chi connectivity index (χ2v) is 6.58. The van der Waals surface area contributed by atoms with E-state index < -0.39 is 0 Å². The fourth-order valence-corrected chi connectivity index (χ4v) is 3.55. The summed E-state index contributed by atoms with van der Waals surface area (Å²) >= 11 is 5.98. The Morgan fingerprint density at radius 1 is 1.08 bits per heavy atom. The van der Waals surface area contributed by atoms with Crippen molar-refractivity contribution in [2.75, 3.05) is 6.54 Å². The van der Waals surface area contributed by atoms with Crippen LogP contribution in [0.15, 0.2) is 60.9 Å². The molecule has 120 valence electrons. The highest BCUT2D eigenvalue weighted by Gasteiger charge is 2.30. The van der Waals surface area contributed by atoms with Gasteiger partial charge >= 0.3 is 0 Å². The molecule has 4 rings (SSSR count). The molecule has 1 unspecified atom stereocenters. The summed E-state index contributed by atoms with van der Waals surface area (Å²) in [6, 6.07) is 15.7. The van der Waals surface area contributed by atoms with Crippen molar-refractivity contribution in [1.29, 1.82) is 0 Å². The van der Waals surface area contributed by atoms with Crippen molar-refractivity contribution in [3.05, 3.63) is 77.1 Å². The number of rotatable bonds is 2. The van der Waals surface area contributed by atoms with Gasteiger partial charge in [-0.25, -0.2) is 0 Å². The summed E-state index contributed by atoms with van der Waals surface area (Å²) in [5, 5.41) is 2.81. The van der Waals surface area contributed by atoms with E-state index in [9.17, 15) is 4.79 Å². The SMILES string of the molecule is O=C(c1ccc2cnccc2c1)N1CCCC1c1ccc(Cl)cc1. The quantitative estimate of drug-likeness (QED) is 0.669. The van der Waals surface area contributed by atoms with E-state index in [2.05, 4.69) is 4.98 Å². The summed E-state index contributed by atoms with van der Waals surface area (Å²) < 4.78 is 0. The van der Waals surface area contributed by atoms with Crippen LogP contribution in [0, 0.1) is 0 Å². The highest BCUT2D eigenvalue weighted by atomic mass is 35.5. The Kier molecular flexibility index (Phi) is 3.95. The number of benzene rings is 2. The number of nitrogens with zero attached hydrogens (tertiary/aromatic N) is 2. The molecule has 1 saturated heterocycles. The average Bonchev–Trinajstić information content (AvgIpc) is 3.11. The fraction of sp³-hybridized carbons (Fsp3) is 0.200. The van der Waals surface area contributed by atoms with E-state index in [1.54, 1.807) is 6.20 Å². The van der Waals surface area contributed by atoms with Gasteiger partial charge in [0, 0.05) is 34.9 Å². The van der Waals surface area contributed by atoms with Gasteiger partial charge in [0.2, 0.25) is 0 Å². The molecule has 0 spiro atoms. The van der Waals surface area contributed by atoms with Crippen molar-refractivity contribution in [3.8, 4) is 0 Å². The van der Waals surface area contributed by atoms with E-state index >= 15 is 0 Å². The van der Waals surface area contributed by atoms with Crippen molar-refractivity contribution in [2.24, 2.45) is 0 Å². The van der Waals surface area contributed by atoms with Gasteiger partial charge in [-0.15, -0.1) is 0 Å². The molecule has 1 aliphatic rings. The molecule has 1 amide bonds. The van der Waals surface area contributed by atoms with Crippen LogP contribution in [0.4, 0.5) is 0 Å². The lowest BCUT2D eigenvalue weighted by atomic mass is 10.0. The second kappa shape index (κ2) is 6.25. The Morgan fingerprint density at radius 2 is 1.92 bits per heavy atom. The van der Waals surface area contributed by atoms with Gasteiger partial charge in [-0.3, -0.25) is 9.78 Å². The predicted molar refractivity (Wildman–Crippen MR) is 96.2 cm³/mol. The number of likely N-dealkylation sites (tertiary alicyclic amines) is 1. The van der Waals surface area contributed by atoms with Crippen LogP contribution in [0.25, 0.3) is 10.8 Å². The van der Waals surface area contributed by atoms with Crippen molar-refractivity contribution in [3.63, 3.8) is 0 Å². The lowest BCUT2D eigenvalue weighted by molar-refractivity contribution is 0.0736. The maximum absolute atomic E-state index is 13.0. The van der Waals surface area contributed by atoms with E-state index in [1.165, 1.54) is 0 Å². The zero-order valence-electron chi connectivity index (χ0n) is 13.2. The van der Waals surface area contributed by atoms with Gasteiger partial charge in [-0.2, -0.15) is 0 Å². The number of hydrogen-bond acceptors (Lipinski definition) is 2. The molecular weight excluding hydrogens is 320 g/mol. The molecule has 1 atom stereocenters. The molecule has 2 aromatic carbocycles. The number of fused-ring (bicyclic) bond motifs is 1. The maximum Gasteiger partial charge on any atom is 0.254 e. The number of carbonyl (C=O) groups is 1. The van der Waals surface area contributed by atoms with Crippen molar-refractivity contribution >= 4 is 28.3 Å². The van der Waals surface area contributed by atoms with Crippen molar-refractivity contribution < 1.29 is 4.79 Å². The molecular formula is C20H17ClN2O. The normalized spacial score (nSPS) is 17.4. The zero-order chi connectivity index (χ0) is 16.5. The van der Waals surface area contributed by atoms with Crippen molar-refractivity contribution in [1.82, 2.24) is 9.88 Å². The first-order valence-electron chi connectivity index (χ1n) is 8.12. The lowest BCUT2D eigenvalue weighted by Gasteiger charge is -2.25. The molecule has 4 heteroatoms. The summed E-state index contributed by atoms with van der Waals surface area (Å²) in [5.41, 5.74) is 1.88. The summed E-state index contributed by atoms with van der Waals surface area (Å²) in [5.74, 6) is 0.0890. The van der Waals surface area contributed by atoms with E-state index in [-0.39, 0.29) is 11.9 Å². The monoisotopic (exact) mass is 336 g/mol. The molecule has 1 aliphatic heterocycles. The van der Waals surface area contributed by atoms with Crippen LogP contribution >= 0.6 is 11.6 Å². The minimum Gasteiger partial charge on any atom is -0.332 e. The summed E-state index contributed by atoms with van der Waals surface area (Å²) in [7, 11) is 0. The number of halogens is 1. The average molecular weight is 337 g/mol. The van der Waals surface area contributed by atoms with E-state index in [4.69, 9.17) is 11.6 Å². The first kappa shape index (κ1) is 15.2.